The summed E-state index contributed by atoms with van der Waals surface area (Å²) in [5, 5.41) is 18.0. The van der Waals surface area contributed by atoms with Gasteiger partial charge in [-0.15, -0.1) is 0 Å². The molecule has 6 nitrogen and oxygen atoms in total. The van der Waals surface area contributed by atoms with Gasteiger partial charge in [0.2, 0.25) is 0 Å². The highest BCUT2D eigenvalue weighted by Crippen LogP contribution is 2.36. The van der Waals surface area contributed by atoms with Crippen molar-refractivity contribution < 1.29 is 19.1 Å². The van der Waals surface area contributed by atoms with Crippen LogP contribution in [0.15, 0.2) is 22.7 Å². The van der Waals surface area contributed by atoms with Crippen molar-refractivity contribution >= 4 is 11.0 Å². The molecule has 1 aromatic carbocycles. The Labute approximate surface area is 147 Å². The molecule has 2 heterocycles. The lowest BCUT2D eigenvalue weighted by atomic mass is 9.95. The summed E-state index contributed by atoms with van der Waals surface area (Å²) in [5.74, 6) is 1.85. The van der Waals surface area contributed by atoms with Gasteiger partial charge in [-0.25, -0.2) is 0 Å². The lowest BCUT2D eigenvalue weighted by molar-refractivity contribution is 0.0672. The van der Waals surface area contributed by atoms with Gasteiger partial charge >= 0.3 is 0 Å². The van der Waals surface area contributed by atoms with Gasteiger partial charge in [0.15, 0.2) is 5.58 Å². The minimum atomic E-state index is -0.185. The number of piperidine rings is 1. The Morgan fingerprint density at radius 1 is 1.12 bits per heavy atom. The number of aromatic nitrogens is 1. The molecule has 0 spiro atoms. The van der Waals surface area contributed by atoms with E-state index in [0.29, 0.717) is 24.0 Å². The van der Waals surface area contributed by atoms with Crippen LogP contribution in [0.1, 0.15) is 38.5 Å². The molecule has 2 fully saturated rings. The highest BCUT2D eigenvalue weighted by atomic mass is 16.5. The Balaban J connectivity index is 1.48. The SMILES string of the molecule is OC1CCC(Oc2cccc3onc(OCC4CCNCC4)c23)CC1. The number of aliphatic hydroxyl groups excluding tert-OH is 1. The van der Waals surface area contributed by atoms with E-state index in [0.717, 1.165) is 62.8 Å². The molecule has 1 aliphatic carbocycles. The second-order valence-corrected chi connectivity index (χ2v) is 7.17. The number of fused-ring (bicyclic) bond motifs is 1. The molecule has 0 bridgehead atoms. The predicted molar refractivity (Wildman–Crippen MR) is 94.0 cm³/mol. The molecule has 2 aliphatic rings. The maximum Gasteiger partial charge on any atom is 0.265 e. The van der Waals surface area contributed by atoms with E-state index in [1.165, 1.54) is 0 Å². The van der Waals surface area contributed by atoms with Gasteiger partial charge in [0.25, 0.3) is 5.88 Å². The van der Waals surface area contributed by atoms with Crippen molar-refractivity contribution in [1.29, 1.82) is 0 Å². The maximum atomic E-state index is 9.66. The van der Waals surface area contributed by atoms with E-state index in [2.05, 4.69) is 10.5 Å². The number of aliphatic hydroxyl groups is 1. The quantitative estimate of drug-likeness (QED) is 0.867. The van der Waals surface area contributed by atoms with Crippen molar-refractivity contribution in [1.82, 2.24) is 10.5 Å². The van der Waals surface area contributed by atoms with Crippen molar-refractivity contribution in [3.63, 3.8) is 0 Å². The molecule has 6 heteroatoms. The molecule has 1 saturated heterocycles. The van der Waals surface area contributed by atoms with Crippen molar-refractivity contribution in [2.45, 2.75) is 50.7 Å². The topological polar surface area (TPSA) is 76.8 Å². The molecule has 0 radical (unpaired) electrons. The molecule has 1 saturated carbocycles. The van der Waals surface area contributed by atoms with Crippen LogP contribution < -0.4 is 14.8 Å². The van der Waals surface area contributed by atoms with Crippen LogP contribution in [0.25, 0.3) is 11.0 Å². The molecule has 0 unspecified atom stereocenters. The summed E-state index contributed by atoms with van der Waals surface area (Å²) in [6, 6.07) is 5.75. The fraction of sp³-hybridized carbons (Fsp3) is 0.632. The number of ether oxygens (including phenoxy) is 2. The second-order valence-electron chi connectivity index (χ2n) is 7.17. The zero-order chi connectivity index (χ0) is 17.1. The molecular weight excluding hydrogens is 320 g/mol. The molecule has 1 aliphatic heterocycles. The molecule has 0 atom stereocenters. The Kier molecular flexibility index (Phi) is 5.08. The average Bonchev–Trinajstić information content (AvgIpc) is 3.07. The summed E-state index contributed by atoms with van der Waals surface area (Å²) >= 11 is 0. The van der Waals surface area contributed by atoms with Crippen LogP contribution in [-0.2, 0) is 0 Å². The van der Waals surface area contributed by atoms with E-state index in [9.17, 15) is 5.11 Å². The zero-order valence-electron chi connectivity index (χ0n) is 14.4. The smallest absolute Gasteiger partial charge is 0.265 e. The first kappa shape index (κ1) is 16.7. The van der Waals surface area contributed by atoms with Crippen LogP contribution in [0.2, 0.25) is 0 Å². The summed E-state index contributed by atoms with van der Waals surface area (Å²) < 4.78 is 17.6. The van der Waals surface area contributed by atoms with Crippen molar-refractivity contribution in [2.24, 2.45) is 5.92 Å². The zero-order valence-corrected chi connectivity index (χ0v) is 14.4. The van der Waals surface area contributed by atoms with E-state index in [1.807, 2.05) is 18.2 Å². The fourth-order valence-corrected chi connectivity index (χ4v) is 3.72. The van der Waals surface area contributed by atoms with E-state index in [1.54, 1.807) is 0 Å². The van der Waals surface area contributed by atoms with Crippen molar-refractivity contribution in [3.05, 3.63) is 18.2 Å². The van der Waals surface area contributed by atoms with Crippen LogP contribution >= 0.6 is 0 Å². The second kappa shape index (κ2) is 7.62. The maximum absolute atomic E-state index is 9.66. The van der Waals surface area contributed by atoms with Gasteiger partial charge in [0, 0.05) is 0 Å². The standard InChI is InChI=1S/C19H26N2O4/c22-14-4-6-15(7-5-14)24-16-2-1-3-17-18(16)19(21-25-17)23-12-13-8-10-20-11-9-13/h1-3,13-15,20,22H,4-12H2. The number of benzene rings is 1. The lowest BCUT2D eigenvalue weighted by Crippen LogP contribution is -2.30. The molecule has 1 aromatic heterocycles. The Hall–Kier alpha value is -1.79. The lowest BCUT2D eigenvalue weighted by Gasteiger charge is -2.26. The molecule has 25 heavy (non-hydrogen) atoms. The van der Waals surface area contributed by atoms with Gasteiger partial charge in [-0.3, -0.25) is 0 Å². The third kappa shape index (κ3) is 3.90. The predicted octanol–water partition coefficient (Wildman–Crippen LogP) is 2.89. The third-order valence-electron chi connectivity index (χ3n) is 5.28. The number of hydrogen-bond donors (Lipinski definition) is 2. The van der Waals surface area contributed by atoms with Crippen LogP contribution in [0.3, 0.4) is 0 Å². The van der Waals surface area contributed by atoms with Crippen LogP contribution in [0.4, 0.5) is 0 Å². The van der Waals surface area contributed by atoms with Crippen LogP contribution in [0.5, 0.6) is 11.6 Å². The molecule has 2 aromatic rings. The number of rotatable bonds is 5. The van der Waals surface area contributed by atoms with E-state index >= 15 is 0 Å². The minimum absolute atomic E-state index is 0.126. The average molecular weight is 346 g/mol. The normalized spacial score (nSPS) is 25.2. The molecular formula is C19H26N2O4. The van der Waals surface area contributed by atoms with Crippen molar-refractivity contribution in [3.8, 4) is 11.6 Å². The Morgan fingerprint density at radius 2 is 1.92 bits per heavy atom. The van der Waals surface area contributed by atoms with Gasteiger partial charge in [0.05, 0.1) is 18.8 Å². The van der Waals surface area contributed by atoms with E-state index in [-0.39, 0.29) is 12.2 Å². The number of nitrogens with one attached hydrogen (secondary N) is 1. The molecule has 2 N–H and O–H groups in total. The Bertz CT molecular complexity index is 688. The monoisotopic (exact) mass is 346 g/mol. The first-order valence-corrected chi connectivity index (χ1v) is 9.36. The Morgan fingerprint density at radius 3 is 2.72 bits per heavy atom. The fourth-order valence-electron chi connectivity index (χ4n) is 3.72. The number of hydrogen-bond acceptors (Lipinski definition) is 6. The van der Waals surface area contributed by atoms with Crippen molar-refractivity contribution in [2.75, 3.05) is 19.7 Å². The van der Waals surface area contributed by atoms with Crippen LogP contribution in [-0.4, -0.2) is 42.2 Å². The summed E-state index contributed by atoms with van der Waals surface area (Å²) in [4.78, 5) is 0. The minimum Gasteiger partial charge on any atom is -0.489 e. The summed E-state index contributed by atoms with van der Waals surface area (Å²) in [7, 11) is 0. The molecule has 0 amide bonds. The summed E-state index contributed by atoms with van der Waals surface area (Å²) in [6.45, 7) is 2.76. The largest absolute Gasteiger partial charge is 0.489 e. The first-order valence-electron chi connectivity index (χ1n) is 9.36. The molecule has 136 valence electrons. The highest BCUT2D eigenvalue weighted by Gasteiger charge is 2.24. The van der Waals surface area contributed by atoms with E-state index < -0.39 is 0 Å². The van der Waals surface area contributed by atoms with E-state index in [4.69, 9.17) is 14.0 Å². The first-order chi connectivity index (χ1) is 12.3. The van der Waals surface area contributed by atoms with Gasteiger partial charge in [-0.1, -0.05) is 6.07 Å². The summed E-state index contributed by atoms with van der Waals surface area (Å²) in [6.07, 6.45) is 5.53. The summed E-state index contributed by atoms with van der Waals surface area (Å²) in [5.41, 5.74) is 0.689. The molecule has 4 rings (SSSR count). The van der Waals surface area contributed by atoms with Gasteiger partial charge in [-0.05, 0) is 74.8 Å². The van der Waals surface area contributed by atoms with Gasteiger partial charge < -0.3 is 24.4 Å². The van der Waals surface area contributed by atoms with Crippen LogP contribution in [0, 0.1) is 5.92 Å². The number of nitrogens with zero attached hydrogens (tertiary/aromatic N) is 1. The van der Waals surface area contributed by atoms with Gasteiger partial charge in [0.1, 0.15) is 11.1 Å². The third-order valence-corrected chi connectivity index (χ3v) is 5.28. The van der Waals surface area contributed by atoms with Gasteiger partial charge in [-0.2, -0.15) is 0 Å². The highest BCUT2D eigenvalue weighted by molar-refractivity contribution is 5.88.